The fourth-order valence-corrected chi connectivity index (χ4v) is 21.9. The fraction of sp³-hybridized carbons (Fsp3) is 1.00. The number of fused-ring (bicyclic) bond motifs is 2. The van der Waals surface area contributed by atoms with E-state index in [1.165, 1.54) is 64.2 Å². The fourth-order valence-electron chi connectivity index (χ4n) is 15.2. The summed E-state index contributed by atoms with van der Waals surface area (Å²) in [6.07, 6.45) is 23.1. The first-order valence-electron chi connectivity index (χ1n) is 20.7. The highest BCUT2D eigenvalue weighted by Gasteiger charge is 2.63. The van der Waals surface area contributed by atoms with Crippen LogP contribution >= 0.6 is 0 Å². The first-order chi connectivity index (χ1) is 21.1. The van der Waals surface area contributed by atoms with Crippen molar-refractivity contribution in [2.45, 2.75) is 182 Å². The highest BCUT2D eigenvalue weighted by Crippen LogP contribution is 2.69. The van der Waals surface area contributed by atoms with Crippen LogP contribution in [-0.2, 0) is 4.74 Å². The predicted molar refractivity (Wildman–Crippen MR) is 197 cm³/mol. The van der Waals surface area contributed by atoms with Crippen molar-refractivity contribution in [1.29, 1.82) is 0 Å². The van der Waals surface area contributed by atoms with Gasteiger partial charge in [0.2, 0.25) is 0 Å². The Morgan fingerprint density at radius 3 is 1.53 bits per heavy atom. The molecule has 0 aliphatic heterocycles. The standard InChI is InChI=1S/C43H78OSi/c1-27-22-33-32(29-18-14-12-15-19-29)24-31(42(3,4)5)25-35(33)40(27)45(10,11)41-28(2)23-34-36(41)26-37(43(6,7)8)39(44-9)38(34)30-20-16-13-17-21-30/h27-41H,12-26H2,1-11H3/t27?,28?,31?,32-,33?,34?,35?,36?,37?,38-,39?,40?,41?/m1/s1. The Labute approximate surface area is 283 Å². The van der Waals surface area contributed by atoms with Crippen LogP contribution in [-0.4, -0.2) is 21.3 Å². The van der Waals surface area contributed by atoms with Gasteiger partial charge in [-0.15, -0.1) is 0 Å². The Balaban J connectivity index is 1.34. The first-order valence-corrected chi connectivity index (χ1v) is 23.8. The summed E-state index contributed by atoms with van der Waals surface area (Å²) >= 11 is 0. The molecule has 0 amide bonds. The molecule has 6 rings (SSSR count). The molecule has 1 nitrogen and oxygen atoms in total. The quantitative estimate of drug-likeness (QED) is 0.272. The zero-order valence-electron chi connectivity index (χ0n) is 32.2. The van der Waals surface area contributed by atoms with E-state index in [2.05, 4.69) is 75.6 Å². The minimum atomic E-state index is -1.59. The summed E-state index contributed by atoms with van der Waals surface area (Å²) in [5.74, 6) is 11.2. The topological polar surface area (TPSA) is 9.23 Å². The second kappa shape index (κ2) is 13.1. The molecule has 0 N–H and O–H groups in total. The van der Waals surface area contributed by atoms with E-state index >= 15 is 0 Å². The first kappa shape index (κ1) is 35.0. The lowest BCUT2D eigenvalue weighted by molar-refractivity contribution is -0.117. The van der Waals surface area contributed by atoms with Gasteiger partial charge in [0, 0.05) is 7.11 Å². The van der Waals surface area contributed by atoms with E-state index in [4.69, 9.17) is 4.74 Å². The lowest BCUT2D eigenvalue weighted by atomic mass is 9.56. The van der Waals surface area contributed by atoms with E-state index in [9.17, 15) is 0 Å². The van der Waals surface area contributed by atoms with Gasteiger partial charge in [-0.1, -0.05) is 133 Å². The van der Waals surface area contributed by atoms with Crippen molar-refractivity contribution in [3.63, 3.8) is 0 Å². The molecule has 2 heteroatoms. The van der Waals surface area contributed by atoms with Gasteiger partial charge in [-0.3, -0.25) is 0 Å². The van der Waals surface area contributed by atoms with Gasteiger partial charge in [0.05, 0.1) is 14.2 Å². The summed E-state index contributed by atoms with van der Waals surface area (Å²) in [5, 5.41) is 0. The molecule has 6 aliphatic carbocycles. The molecule has 0 spiro atoms. The van der Waals surface area contributed by atoms with Crippen LogP contribution in [0.3, 0.4) is 0 Å². The SMILES string of the molecule is COC1C(C(C)(C)C)CC2C(CC(C)C2[Si](C)(C)C2C(C)CC3C2CC(C(C)(C)C)C[C@@H]3C2CCCCC2)[C@H]1C1CCCCC1. The molecule has 0 bridgehead atoms. The Morgan fingerprint density at radius 1 is 0.533 bits per heavy atom. The Bertz CT molecular complexity index is 975. The maximum absolute atomic E-state index is 6.67. The van der Waals surface area contributed by atoms with Crippen LogP contribution in [0.5, 0.6) is 0 Å². The highest BCUT2D eigenvalue weighted by atomic mass is 28.3. The average molecular weight is 639 g/mol. The summed E-state index contributed by atoms with van der Waals surface area (Å²) in [6.45, 7) is 26.9. The number of hydrogen-bond donors (Lipinski definition) is 0. The van der Waals surface area contributed by atoms with Gasteiger partial charge in [-0.2, -0.15) is 0 Å². The van der Waals surface area contributed by atoms with Gasteiger partial charge >= 0.3 is 0 Å². The van der Waals surface area contributed by atoms with Crippen molar-refractivity contribution < 1.29 is 4.74 Å². The minimum absolute atomic E-state index is 0.322. The van der Waals surface area contributed by atoms with E-state index < -0.39 is 8.07 Å². The Morgan fingerprint density at radius 2 is 1.02 bits per heavy atom. The molecule has 6 aliphatic rings. The molecule has 45 heavy (non-hydrogen) atoms. The van der Waals surface area contributed by atoms with Crippen molar-refractivity contribution in [2.24, 2.45) is 81.8 Å². The predicted octanol–water partition coefficient (Wildman–Crippen LogP) is 12.9. The molecule has 13 atom stereocenters. The molecule has 0 heterocycles. The van der Waals surface area contributed by atoms with E-state index in [-0.39, 0.29) is 0 Å². The van der Waals surface area contributed by atoms with Gasteiger partial charge in [-0.05, 0) is 125 Å². The lowest BCUT2D eigenvalue weighted by Crippen LogP contribution is -2.54. The maximum atomic E-state index is 6.67. The second-order valence-corrected chi connectivity index (χ2v) is 26.4. The third kappa shape index (κ3) is 6.47. The van der Waals surface area contributed by atoms with Gasteiger partial charge in [0.1, 0.15) is 0 Å². The maximum Gasteiger partial charge on any atom is 0.0638 e. The van der Waals surface area contributed by atoms with E-state index in [1.54, 1.807) is 32.1 Å². The van der Waals surface area contributed by atoms with Gasteiger partial charge < -0.3 is 4.74 Å². The van der Waals surface area contributed by atoms with Crippen LogP contribution in [0.15, 0.2) is 0 Å². The number of ether oxygens (including phenoxy) is 1. The Kier molecular flexibility index (Phi) is 10.2. The van der Waals surface area contributed by atoms with Crippen LogP contribution in [0, 0.1) is 81.8 Å². The number of rotatable bonds is 5. The molecule has 0 aromatic heterocycles. The van der Waals surface area contributed by atoms with Gasteiger partial charge in [0.25, 0.3) is 0 Å². The molecule has 260 valence electrons. The second-order valence-electron chi connectivity index (χ2n) is 21.4. The normalized spacial score (nSPS) is 45.8. The summed E-state index contributed by atoms with van der Waals surface area (Å²) in [5.41, 5.74) is 2.82. The van der Waals surface area contributed by atoms with Crippen LogP contribution in [0.4, 0.5) is 0 Å². The monoisotopic (exact) mass is 639 g/mol. The third-order valence-electron chi connectivity index (χ3n) is 16.8. The Hall–Kier alpha value is 0.177. The highest BCUT2D eigenvalue weighted by molar-refractivity contribution is 6.80. The third-order valence-corrected chi connectivity index (χ3v) is 22.2. The van der Waals surface area contributed by atoms with E-state index in [0.29, 0.717) is 22.9 Å². The summed E-state index contributed by atoms with van der Waals surface area (Å²) in [7, 11) is 0.501. The van der Waals surface area contributed by atoms with Crippen molar-refractivity contribution in [1.82, 2.24) is 0 Å². The van der Waals surface area contributed by atoms with Gasteiger partial charge in [0.15, 0.2) is 0 Å². The largest absolute Gasteiger partial charge is 0.381 e. The average Bonchev–Trinajstić information content (AvgIpc) is 3.51. The zero-order valence-corrected chi connectivity index (χ0v) is 33.2. The molecular weight excluding hydrogens is 561 g/mol. The van der Waals surface area contributed by atoms with E-state index in [0.717, 1.165) is 76.2 Å². The van der Waals surface area contributed by atoms with Crippen molar-refractivity contribution in [3.05, 3.63) is 0 Å². The zero-order chi connectivity index (χ0) is 32.5. The summed E-state index contributed by atoms with van der Waals surface area (Å²) < 4.78 is 6.67. The number of hydrogen-bond acceptors (Lipinski definition) is 1. The number of methoxy groups -OCH3 is 1. The molecule has 0 aromatic rings. The van der Waals surface area contributed by atoms with Crippen LogP contribution < -0.4 is 0 Å². The van der Waals surface area contributed by atoms with Crippen molar-refractivity contribution in [3.8, 4) is 0 Å². The molecule has 0 saturated heterocycles. The summed E-state index contributed by atoms with van der Waals surface area (Å²) in [4.78, 5) is 0. The van der Waals surface area contributed by atoms with Crippen molar-refractivity contribution >= 4 is 8.07 Å². The lowest BCUT2D eigenvalue weighted by Gasteiger charge is -2.55. The minimum Gasteiger partial charge on any atom is -0.381 e. The summed E-state index contributed by atoms with van der Waals surface area (Å²) in [6, 6.07) is 0. The smallest absolute Gasteiger partial charge is 0.0638 e. The molecule has 0 aromatic carbocycles. The van der Waals surface area contributed by atoms with Crippen molar-refractivity contribution in [2.75, 3.05) is 7.11 Å². The molecule has 6 saturated carbocycles. The molecule has 0 radical (unpaired) electrons. The van der Waals surface area contributed by atoms with E-state index in [1.807, 2.05) is 0 Å². The molecular formula is C43H78OSi. The molecule has 6 fully saturated rings. The van der Waals surface area contributed by atoms with Crippen LogP contribution in [0.25, 0.3) is 0 Å². The van der Waals surface area contributed by atoms with Gasteiger partial charge in [-0.25, -0.2) is 0 Å². The van der Waals surface area contributed by atoms with Crippen LogP contribution in [0.2, 0.25) is 24.2 Å². The van der Waals surface area contributed by atoms with Crippen LogP contribution in [0.1, 0.15) is 152 Å². The molecule has 11 unspecified atom stereocenters.